The molecule has 0 saturated carbocycles. The average molecular weight is 408 g/mol. The van der Waals surface area contributed by atoms with E-state index in [0.29, 0.717) is 10.5 Å². The van der Waals surface area contributed by atoms with Gasteiger partial charge in [0.15, 0.2) is 0 Å². The van der Waals surface area contributed by atoms with Crippen molar-refractivity contribution >= 4 is 34.2 Å². The molecule has 4 N–H and O–H groups in total. The van der Waals surface area contributed by atoms with E-state index >= 15 is 0 Å². The quantitative estimate of drug-likeness (QED) is 0.147. The molecule has 0 aliphatic rings. The highest BCUT2D eigenvalue weighted by molar-refractivity contribution is 8.03. The van der Waals surface area contributed by atoms with E-state index in [9.17, 15) is 19.0 Å². The number of nitriles is 1. The van der Waals surface area contributed by atoms with Crippen molar-refractivity contribution in [2.75, 3.05) is 6.54 Å². The normalized spacial score (nSPS) is 14.2. The molecule has 2 unspecified atom stereocenters. The summed E-state index contributed by atoms with van der Waals surface area (Å²) in [4.78, 5) is 29.9. The summed E-state index contributed by atoms with van der Waals surface area (Å²) in [7, 11) is -6.54. The van der Waals surface area contributed by atoms with Crippen LogP contribution in [0, 0.1) is 10.7 Å². The lowest BCUT2D eigenvalue weighted by atomic mass is 10.2. The van der Waals surface area contributed by atoms with E-state index in [-0.39, 0.29) is 13.0 Å². The highest BCUT2D eigenvalue weighted by Crippen LogP contribution is 2.35. The van der Waals surface area contributed by atoms with Crippen molar-refractivity contribution in [1.82, 2.24) is 5.32 Å². The van der Waals surface area contributed by atoms with Crippen molar-refractivity contribution in [1.29, 1.82) is 5.26 Å². The van der Waals surface area contributed by atoms with Gasteiger partial charge in [-0.25, -0.2) is 0 Å². The first kappa shape index (κ1) is 21.6. The Balaban J connectivity index is 2.49. The summed E-state index contributed by atoms with van der Waals surface area (Å²) >= 11 is 0.959. The minimum atomic E-state index is -3.27. The predicted molar refractivity (Wildman–Crippen MR) is 86.2 cm³/mol. The van der Waals surface area contributed by atoms with Gasteiger partial charge in [0.1, 0.15) is 5.40 Å². The number of thiocyanates is 1. The van der Waals surface area contributed by atoms with Crippen molar-refractivity contribution in [2.24, 2.45) is 0 Å². The maximum atomic E-state index is 11.9. The van der Waals surface area contributed by atoms with Gasteiger partial charge in [-0.1, -0.05) is 0 Å². The lowest BCUT2D eigenvalue weighted by molar-refractivity contribution is -0.277. The zero-order valence-electron chi connectivity index (χ0n) is 12.6. The van der Waals surface area contributed by atoms with Gasteiger partial charge >= 0.3 is 22.5 Å². The summed E-state index contributed by atoms with van der Waals surface area (Å²) in [6.07, 6.45) is -0.411. The van der Waals surface area contributed by atoms with Crippen LogP contribution in [0.4, 0.5) is 0 Å². The van der Waals surface area contributed by atoms with Gasteiger partial charge < -0.3 is 10.4 Å². The van der Waals surface area contributed by atoms with Gasteiger partial charge in [0, 0.05) is 32.6 Å². The predicted octanol–water partition coefficient (Wildman–Crippen LogP) is 1.75. The van der Waals surface area contributed by atoms with E-state index in [0.717, 1.165) is 11.8 Å². The van der Waals surface area contributed by atoms with Crippen LogP contribution < -0.4 is 5.32 Å². The summed E-state index contributed by atoms with van der Waals surface area (Å²) in [6.45, 7) is 0.0347. The number of thioether (sulfide) groups is 1. The van der Waals surface area contributed by atoms with E-state index < -0.39 is 34.8 Å². The molecule has 0 aliphatic heterocycles. The molecular weight excluding hydrogens is 394 g/mol. The third kappa shape index (κ3) is 8.45. The first-order chi connectivity index (χ1) is 11.8. The van der Waals surface area contributed by atoms with Crippen LogP contribution in [0.1, 0.15) is 23.2 Å². The summed E-state index contributed by atoms with van der Waals surface area (Å²) in [6, 6.07) is 6.28. The van der Waals surface area contributed by atoms with Gasteiger partial charge in [-0.2, -0.15) is 5.26 Å². The molecule has 134 valence electrons. The fourth-order valence-electron chi connectivity index (χ4n) is 1.69. The fourth-order valence-corrected chi connectivity index (χ4v) is 2.88. The third-order valence-corrected chi connectivity index (χ3v) is 4.16. The summed E-state index contributed by atoms with van der Waals surface area (Å²) in [5.74, 6) is -3.13. The fraction of sp³-hybridized carbons (Fsp3) is 0.333. The first-order valence-electron chi connectivity index (χ1n) is 6.63. The van der Waals surface area contributed by atoms with Gasteiger partial charge in [-0.15, -0.1) is 9.79 Å². The monoisotopic (exact) mass is 408 g/mol. The molecule has 1 rings (SSSR count). The Morgan fingerprint density at radius 3 is 2.28 bits per heavy atom. The lowest BCUT2D eigenvalue weighted by Gasteiger charge is -2.13. The van der Waals surface area contributed by atoms with Crippen LogP contribution in [0.5, 0.6) is 0 Å². The number of amides is 1. The Hall–Kier alpha value is -1.47. The molecule has 0 heterocycles. The number of carbonyl (C=O) groups excluding carboxylic acids is 1. The standard InChI is InChI=1S/C12H12N2O8P2S/c13-8-25-10-4-2-9(3-5-10)11(15)14-7-1-6-12(16,21-23(17)18)22-24(19)20/h2-5,16H,1,6-7H2,(H-2,14,15,17,18,19,20)/p+2. The Labute approximate surface area is 148 Å². The SMILES string of the molecule is N#CSc1ccc(C(=O)NCCCC(O)(O[P+](=O)O)O[P+](=O)O)cc1. The Morgan fingerprint density at radius 2 is 1.80 bits per heavy atom. The molecular formula is C12H14N2O8P2S+2. The number of carbonyl (C=O) groups is 1. The molecule has 0 radical (unpaired) electrons. The highest BCUT2D eigenvalue weighted by atomic mass is 32.2. The number of rotatable bonds is 10. The van der Waals surface area contributed by atoms with Crippen LogP contribution in [-0.2, 0) is 18.2 Å². The number of hydrogen-bond acceptors (Lipinski definition) is 8. The van der Waals surface area contributed by atoms with Crippen LogP contribution in [0.25, 0.3) is 0 Å². The van der Waals surface area contributed by atoms with Crippen molar-refractivity contribution in [3.8, 4) is 5.40 Å². The van der Waals surface area contributed by atoms with Gasteiger partial charge in [-0.3, -0.25) is 4.79 Å². The number of hydrogen-bond donors (Lipinski definition) is 4. The molecule has 0 aromatic heterocycles. The minimum Gasteiger partial charge on any atom is -0.352 e. The van der Waals surface area contributed by atoms with E-state index in [2.05, 4.69) is 14.4 Å². The van der Waals surface area contributed by atoms with Crippen LogP contribution in [-0.4, -0.2) is 33.3 Å². The van der Waals surface area contributed by atoms with Crippen molar-refractivity contribution in [2.45, 2.75) is 23.7 Å². The number of nitrogens with zero attached hydrogens (tertiary/aromatic N) is 1. The maximum Gasteiger partial charge on any atom is 0.700 e. The molecule has 2 atom stereocenters. The largest absolute Gasteiger partial charge is 0.700 e. The smallest absolute Gasteiger partial charge is 0.352 e. The molecule has 1 aromatic rings. The third-order valence-electron chi connectivity index (χ3n) is 2.68. The molecule has 10 nitrogen and oxygen atoms in total. The minimum absolute atomic E-state index is 0.0248. The summed E-state index contributed by atoms with van der Waals surface area (Å²) in [5, 5.41) is 22.7. The average Bonchev–Trinajstić information content (AvgIpc) is 2.51. The number of aliphatic hydroxyl groups is 1. The lowest BCUT2D eigenvalue weighted by Crippen LogP contribution is -2.33. The molecule has 1 aromatic carbocycles. The molecule has 0 aliphatic carbocycles. The van der Waals surface area contributed by atoms with E-state index in [1.165, 1.54) is 12.1 Å². The van der Waals surface area contributed by atoms with E-state index in [1.807, 2.05) is 5.40 Å². The zero-order chi connectivity index (χ0) is 18.9. The van der Waals surface area contributed by atoms with E-state index in [1.54, 1.807) is 12.1 Å². The topological polar surface area (TPSA) is 166 Å². The molecule has 13 heteroatoms. The molecule has 0 bridgehead atoms. The maximum absolute atomic E-state index is 11.9. The second-order valence-corrected chi connectivity index (χ2v) is 6.62. The van der Waals surface area contributed by atoms with Crippen molar-refractivity contribution in [3.63, 3.8) is 0 Å². The molecule has 0 fully saturated rings. The highest BCUT2D eigenvalue weighted by Gasteiger charge is 2.47. The zero-order valence-corrected chi connectivity index (χ0v) is 15.2. The van der Waals surface area contributed by atoms with Crippen LogP contribution in [0.15, 0.2) is 29.2 Å². The second-order valence-electron chi connectivity index (χ2n) is 4.45. The van der Waals surface area contributed by atoms with Crippen LogP contribution in [0.2, 0.25) is 0 Å². The Morgan fingerprint density at radius 1 is 1.24 bits per heavy atom. The van der Waals surface area contributed by atoms with Crippen molar-refractivity contribution in [3.05, 3.63) is 29.8 Å². The van der Waals surface area contributed by atoms with Gasteiger partial charge in [0.2, 0.25) is 0 Å². The van der Waals surface area contributed by atoms with Crippen LogP contribution in [0.3, 0.4) is 0 Å². The summed E-state index contributed by atoms with van der Waals surface area (Å²) in [5.41, 5.74) is 0.349. The molecule has 0 spiro atoms. The van der Waals surface area contributed by atoms with Crippen LogP contribution >= 0.6 is 28.3 Å². The van der Waals surface area contributed by atoms with Gasteiger partial charge in [-0.05, 0) is 51.5 Å². The summed E-state index contributed by atoms with van der Waals surface area (Å²) < 4.78 is 29.6. The van der Waals surface area contributed by atoms with E-state index in [4.69, 9.17) is 15.0 Å². The van der Waals surface area contributed by atoms with Crippen molar-refractivity contribution < 1.29 is 37.9 Å². The second kappa shape index (κ2) is 10.5. The molecule has 1 amide bonds. The van der Waals surface area contributed by atoms with Gasteiger partial charge in [0.05, 0.1) is 0 Å². The molecule has 0 saturated heterocycles. The van der Waals surface area contributed by atoms with Gasteiger partial charge in [0.25, 0.3) is 5.91 Å². The number of benzene rings is 1. The number of nitrogens with one attached hydrogen (secondary N) is 1. The molecule has 25 heavy (non-hydrogen) atoms. The first-order valence-corrected chi connectivity index (χ1v) is 9.70. The Bertz CT molecular complexity index is 663. The Kier molecular flexibility index (Phi) is 9.06.